The highest BCUT2D eigenvalue weighted by Crippen LogP contribution is 2.28. The van der Waals surface area contributed by atoms with Gasteiger partial charge in [-0.3, -0.25) is 4.90 Å². The second-order valence-corrected chi connectivity index (χ2v) is 4.51. The normalized spacial score (nSPS) is 22.3. The van der Waals surface area contributed by atoms with Crippen LogP contribution in [-0.4, -0.2) is 48.3 Å². The van der Waals surface area contributed by atoms with E-state index < -0.39 is 12.2 Å². The summed E-state index contributed by atoms with van der Waals surface area (Å²) < 4.78 is 37.8. The van der Waals surface area contributed by atoms with E-state index in [-0.39, 0.29) is 13.0 Å². The first kappa shape index (κ1) is 12.1. The van der Waals surface area contributed by atoms with E-state index in [0.29, 0.717) is 13.1 Å². The van der Waals surface area contributed by atoms with E-state index in [2.05, 4.69) is 0 Å². The molecule has 0 aromatic heterocycles. The molecule has 0 spiro atoms. The second-order valence-electron chi connectivity index (χ2n) is 3.28. The van der Waals surface area contributed by atoms with Crippen LogP contribution in [0.2, 0.25) is 0 Å². The molecule has 0 amide bonds. The summed E-state index contributed by atoms with van der Waals surface area (Å²) in [5.41, 5.74) is 5.20. The fraction of sp³-hybridized carbons (Fsp3) is 1.00. The molecular weight excluding hydrogens is 213 g/mol. The third kappa shape index (κ3) is 3.33. The summed E-state index contributed by atoms with van der Waals surface area (Å²) in [5, 5.41) is 0. The summed E-state index contributed by atoms with van der Waals surface area (Å²) in [5.74, 6) is 1.58. The van der Waals surface area contributed by atoms with Crippen LogP contribution in [0.4, 0.5) is 13.2 Å². The Labute approximate surface area is 86.0 Å². The van der Waals surface area contributed by atoms with E-state index in [1.807, 2.05) is 0 Å². The van der Waals surface area contributed by atoms with Crippen molar-refractivity contribution in [1.82, 2.24) is 4.90 Å². The number of nitrogens with zero attached hydrogens (tertiary/aromatic N) is 1. The lowest BCUT2D eigenvalue weighted by molar-refractivity contribution is -0.184. The Kier molecular flexibility index (Phi) is 4.53. The number of nitrogens with two attached hydrogens (primary N) is 1. The largest absolute Gasteiger partial charge is 0.404 e. The Morgan fingerprint density at radius 3 is 2.29 bits per heavy atom. The summed E-state index contributed by atoms with van der Waals surface area (Å²) in [7, 11) is 0. The van der Waals surface area contributed by atoms with Crippen LogP contribution in [0.5, 0.6) is 0 Å². The molecule has 0 aromatic rings. The second kappa shape index (κ2) is 5.23. The third-order valence-corrected chi connectivity index (χ3v) is 3.25. The lowest BCUT2D eigenvalue weighted by atomic mass is 10.1. The number of halogens is 3. The zero-order valence-electron chi connectivity index (χ0n) is 7.89. The predicted octanol–water partition coefficient (Wildman–Crippen LogP) is 1.31. The fourth-order valence-corrected chi connectivity index (χ4v) is 2.53. The van der Waals surface area contributed by atoms with Gasteiger partial charge in [-0.25, -0.2) is 0 Å². The van der Waals surface area contributed by atoms with Crippen molar-refractivity contribution in [2.24, 2.45) is 5.73 Å². The van der Waals surface area contributed by atoms with Gasteiger partial charge < -0.3 is 5.73 Å². The minimum atomic E-state index is -4.14. The molecule has 1 fully saturated rings. The van der Waals surface area contributed by atoms with E-state index in [0.717, 1.165) is 11.5 Å². The van der Waals surface area contributed by atoms with Gasteiger partial charge in [0.2, 0.25) is 0 Å². The van der Waals surface area contributed by atoms with Crippen LogP contribution in [0.15, 0.2) is 0 Å². The van der Waals surface area contributed by atoms with Crippen LogP contribution >= 0.6 is 11.8 Å². The van der Waals surface area contributed by atoms with Crippen molar-refractivity contribution in [3.05, 3.63) is 0 Å². The average Bonchev–Trinajstić information content (AvgIpc) is 2.14. The van der Waals surface area contributed by atoms with Crippen molar-refractivity contribution >= 4 is 11.8 Å². The first-order chi connectivity index (χ1) is 6.55. The van der Waals surface area contributed by atoms with Crippen molar-refractivity contribution < 1.29 is 13.2 Å². The standard InChI is InChI=1S/C8H15F3N2S/c9-8(10,11)7(1-2-12)13-3-5-14-6-4-13/h7H,1-6,12H2. The lowest BCUT2D eigenvalue weighted by Crippen LogP contribution is -2.50. The summed E-state index contributed by atoms with van der Waals surface area (Å²) in [6, 6.07) is -1.34. The van der Waals surface area contributed by atoms with Crippen LogP contribution < -0.4 is 5.73 Å². The van der Waals surface area contributed by atoms with E-state index in [1.165, 1.54) is 4.90 Å². The third-order valence-electron chi connectivity index (χ3n) is 2.30. The molecule has 0 saturated carbocycles. The van der Waals surface area contributed by atoms with E-state index in [4.69, 9.17) is 5.73 Å². The molecule has 1 aliphatic heterocycles. The zero-order chi connectivity index (χ0) is 10.6. The topological polar surface area (TPSA) is 29.3 Å². The molecule has 14 heavy (non-hydrogen) atoms. The number of rotatable bonds is 3. The molecule has 0 radical (unpaired) electrons. The van der Waals surface area contributed by atoms with Gasteiger partial charge >= 0.3 is 6.18 Å². The van der Waals surface area contributed by atoms with Gasteiger partial charge in [-0.1, -0.05) is 0 Å². The van der Waals surface area contributed by atoms with Crippen molar-refractivity contribution in [3.63, 3.8) is 0 Å². The van der Waals surface area contributed by atoms with Gasteiger partial charge in [0.1, 0.15) is 6.04 Å². The molecule has 84 valence electrons. The van der Waals surface area contributed by atoms with Crippen LogP contribution in [0, 0.1) is 0 Å². The molecule has 1 heterocycles. The summed E-state index contributed by atoms with van der Waals surface area (Å²) >= 11 is 1.70. The molecule has 6 heteroatoms. The minimum Gasteiger partial charge on any atom is -0.330 e. The zero-order valence-corrected chi connectivity index (χ0v) is 8.70. The maximum absolute atomic E-state index is 12.6. The maximum atomic E-state index is 12.6. The molecule has 0 aliphatic carbocycles. The Hall–Kier alpha value is 0.0600. The van der Waals surface area contributed by atoms with Gasteiger partial charge in [0, 0.05) is 24.6 Å². The molecule has 1 rings (SSSR count). The van der Waals surface area contributed by atoms with Gasteiger partial charge in [-0.2, -0.15) is 24.9 Å². The van der Waals surface area contributed by atoms with Gasteiger partial charge in [0.15, 0.2) is 0 Å². The van der Waals surface area contributed by atoms with Crippen LogP contribution in [0.25, 0.3) is 0 Å². The molecule has 2 nitrogen and oxygen atoms in total. The van der Waals surface area contributed by atoms with Crippen molar-refractivity contribution in [2.75, 3.05) is 31.1 Å². The molecule has 0 bridgehead atoms. The van der Waals surface area contributed by atoms with Crippen molar-refractivity contribution in [2.45, 2.75) is 18.6 Å². The van der Waals surface area contributed by atoms with Gasteiger partial charge in [-0.15, -0.1) is 0 Å². The number of thioether (sulfide) groups is 1. The fourth-order valence-electron chi connectivity index (χ4n) is 1.60. The Bertz CT molecular complexity index is 168. The highest BCUT2D eigenvalue weighted by molar-refractivity contribution is 7.99. The molecule has 0 aromatic carbocycles. The smallest absolute Gasteiger partial charge is 0.330 e. The van der Waals surface area contributed by atoms with E-state index in [9.17, 15) is 13.2 Å². The average molecular weight is 228 g/mol. The van der Waals surface area contributed by atoms with Crippen LogP contribution in [0.3, 0.4) is 0 Å². The quantitative estimate of drug-likeness (QED) is 0.790. The molecule has 1 unspecified atom stereocenters. The number of hydrogen-bond acceptors (Lipinski definition) is 3. The molecular formula is C8H15F3N2S. The highest BCUT2D eigenvalue weighted by Gasteiger charge is 2.42. The van der Waals surface area contributed by atoms with Gasteiger partial charge in [-0.05, 0) is 13.0 Å². The van der Waals surface area contributed by atoms with Crippen LogP contribution in [-0.2, 0) is 0 Å². The predicted molar refractivity (Wildman–Crippen MR) is 52.4 cm³/mol. The molecule has 1 aliphatic rings. The molecule has 1 saturated heterocycles. The lowest BCUT2D eigenvalue weighted by Gasteiger charge is -2.35. The van der Waals surface area contributed by atoms with Crippen LogP contribution in [0.1, 0.15) is 6.42 Å². The molecule has 1 atom stereocenters. The van der Waals surface area contributed by atoms with Crippen molar-refractivity contribution in [3.8, 4) is 0 Å². The molecule has 2 N–H and O–H groups in total. The first-order valence-corrected chi connectivity index (χ1v) is 5.79. The van der Waals surface area contributed by atoms with Gasteiger partial charge in [0.25, 0.3) is 0 Å². The monoisotopic (exact) mass is 228 g/mol. The summed E-state index contributed by atoms with van der Waals surface area (Å²) in [6.45, 7) is 1.14. The Morgan fingerprint density at radius 2 is 1.86 bits per heavy atom. The number of hydrogen-bond donors (Lipinski definition) is 1. The maximum Gasteiger partial charge on any atom is 0.404 e. The van der Waals surface area contributed by atoms with Crippen molar-refractivity contribution in [1.29, 1.82) is 0 Å². The summed E-state index contributed by atoms with van der Waals surface area (Å²) in [4.78, 5) is 1.50. The SMILES string of the molecule is NCCC(N1CCSCC1)C(F)(F)F. The highest BCUT2D eigenvalue weighted by atomic mass is 32.2. The Morgan fingerprint density at radius 1 is 1.29 bits per heavy atom. The van der Waals surface area contributed by atoms with E-state index >= 15 is 0 Å². The number of alkyl halides is 3. The first-order valence-electron chi connectivity index (χ1n) is 4.64. The van der Waals surface area contributed by atoms with E-state index in [1.54, 1.807) is 11.8 Å². The Balaban J connectivity index is 2.56. The van der Waals surface area contributed by atoms with Gasteiger partial charge in [0.05, 0.1) is 0 Å². The summed E-state index contributed by atoms with van der Waals surface area (Å²) in [6.07, 6.45) is -4.13. The minimum absolute atomic E-state index is 0.00810.